The van der Waals surface area contributed by atoms with E-state index in [0.717, 1.165) is 22.6 Å². The zero-order valence-corrected chi connectivity index (χ0v) is 20.3. The number of carbonyl (C=O) groups excluding carboxylic acids is 1. The molecule has 0 aliphatic carbocycles. The van der Waals surface area contributed by atoms with Gasteiger partial charge in [-0.15, -0.1) is 0 Å². The Bertz CT molecular complexity index is 1200. The Morgan fingerprint density at radius 1 is 1.06 bits per heavy atom. The molecule has 2 atom stereocenters. The lowest BCUT2D eigenvalue weighted by molar-refractivity contribution is -0.139. The second-order valence-corrected chi connectivity index (χ2v) is 9.69. The largest absolute Gasteiger partial charge is 0.486 e. The van der Waals surface area contributed by atoms with Gasteiger partial charge in [-0.2, -0.15) is 18.3 Å². The number of hydrogen-bond donors (Lipinski definition) is 2. The fraction of sp³-hybridized carbons (Fsp3) is 0.346. The zero-order valence-electron chi connectivity index (χ0n) is 20.3. The van der Waals surface area contributed by atoms with Crippen LogP contribution >= 0.6 is 0 Å². The van der Waals surface area contributed by atoms with Gasteiger partial charge in [0.2, 0.25) is 0 Å². The number of alkyl halides is 3. The standard InChI is InChI=1S/C26H28F3N3O4/c1-16(24(34)35)31-23(33)18-7-5-17(6-8-18)22(13-25(2,3)4)36-21-11-9-20(10-12-21)32-15-19(14-30-32)26(27,28)29/h5-12,14-16,22H,13H2,1-4H3,(H,31,33)(H,34,35). The highest BCUT2D eigenvalue weighted by Crippen LogP contribution is 2.34. The number of amides is 1. The second-order valence-electron chi connectivity index (χ2n) is 9.69. The smallest absolute Gasteiger partial charge is 0.419 e. The highest BCUT2D eigenvalue weighted by atomic mass is 19.4. The summed E-state index contributed by atoms with van der Waals surface area (Å²) in [5, 5.41) is 15.2. The number of aromatic nitrogens is 2. The highest BCUT2D eigenvalue weighted by Gasteiger charge is 2.32. The van der Waals surface area contributed by atoms with Gasteiger partial charge in [0.1, 0.15) is 17.9 Å². The fourth-order valence-electron chi connectivity index (χ4n) is 3.43. The van der Waals surface area contributed by atoms with Gasteiger partial charge in [0, 0.05) is 11.8 Å². The van der Waals surface area contributed by atoms with E-state index in [1.807, 2.05) is 0 Å². The molecule has 0 aliphatic rings. The summed E-state index contributed by atoms with van der Waals surface area (Å²) in [6, 6.07) is 12.3. The molecule has 0 radical (unpaired) electrons. The molecule has 2 aromatic carbocycles. The number of carbonyl (C=O) groups is 2. The molecular formula is C26H28F3N3O4. The highest BCUT2D eigenvalue weighted by molar-refractivity contribution is 5.96. The van der Waals surface area contributed by atoms with E-state index >= 15 is 0 Å². The SMILES string of the molecule is CC(NC(=O)c1ccc(C(CC(C)(C)C)Oc2ccc(-n3cc(C(F)(F)F)cn3)cc2)cc1)C(=O)O. The van der Waals surface area contributed by atoms with Crippen molar-refractivity contribution in [1.82, 2.24) is 15.1 Å². The number of rotatable bonds is 8. The first-order chi connectivity index (χ1) is 16.7. The summed E-state index contributed by atoms with van der Waals surface area (Å²) < 4.78 is 46.0. The van der Waals surface area contributed by atoms with Crippen LogP contribution in [0.2, 0.25) is 0 Å². The van der Waals surface area contributed by atoms with Crippen LogP contribution in [0.3, 0.4) is 0 Å². The van der Waals surface area contributed by atoms with E-state index < -0.39 is 29.7 Å². The van der Waals surface area contributed by atoms with Crippen molar-refractivity contribution in [3.8, 4) is 11.4 Å². The monoisotopic (exact) mass is 503 g/mol. The molecule has 0 aliphatic heterocycles. The maximum atomic E-state index is 12.9. The molecule has 192 valence electrons. The van der Waals surface area contributed by atoms with Gasteiger partial charge in [-0.05, 0) is 60.7 Å². The molecule has 7 nitrogen and oxygen atoms in total. The van der Waals surface area contributed by atoms with Gasteiger partial charge >= 0.3 is 12.1 Å². The van der Waals surface area contributed by atoms with Crippen molar-refractivity contribution in [1.29, 1.82) is 0 Å². The van der Waals surface area contributed by atoms with Gasteiger partial charge in [-0.1, -0.05) is 32.9 Å². The second kappa shape index (κ2) is 10.4. The molecular weight excluding hydrogens is 475 g/mol. The summed E-state index contributed by atoms with van der Waals surface area (Å²) in [5.41, 5.74) is 0.668. The molecule has 0 spiro atoms. The van der Waals surface area contributed by atoms with Crippen LogP contribution in [0, 0.1) is 5.41 Å². The van der Waals surface area contributed by atoms with Crippen LogP contribution in [0.5, 0.6) is 5.75 Å². The van der Waals surface area contributed by atoms with Crippen LogP contribution in [0.1, 0.15) is 61.7 Å². The van der Waals surface area contributed by atoms with Crippen LogP contribution in [0.15, 0.2) is 60.9 Å². The molecule has 1 heterocycles. The van der Waals surface area contributed by atoms with Crippen LogP contribution in [0.4, 0.5) is 13.2 Å². The fourth-order valence-corrected chi connectivity index (χ4v) is 3.43. The number of nitrogens with one attached hydrogen (secondary N) is 1. The van der Waals surface area contributed by atoms with Gasteiger partial charge in [0.15, 0.2) is 0 Å². The maximum absolute atomic E-state index is 12.9. The third kappa shape index (κ3) is 7.10. The average Bonchev–Trinajstić information content (AvgIpc) is 3.29. The lowest BCUT2D eigenvalue weighted by Gasteiger charge is -2.27. The molecule has 3 aromatic rings. The molecule has 1 amide bonds. The van der Waals surface area contributed by atoms with Crippen molar-refractivity contribution in [3.63, 3.8) is 0 Å². The van der Waals surface area contributed by atoms with Crippen LogP contribution in [-0.2, 0) is 11.0 Å². The number of halogens is 3. The van der Waals surface area contributed by atoms with Crippen molar-refractivity contribution in [3.05, 3.63) is 77.6 Å². The van der Waals surface area contributed by atoms with Crippen molar-refractivity contribution < 1.29 is 32.6 Å². The lowest BCUT2D eigenvalue weighted by Crippen LogP contribution is -2.38. The Morgan fingerprint density at radius 3 is 2.17 bits per heavy atom. The van der Waals surface area contributed by atoms with Crippen molar-refractivity contribution in [2.45, 2.75) is 52.4 Å². The van der Waals surface area contributed by atoms with E-state index in [4.69, 9.17) is 9.84 Å². The Labute approximate surface area is 206 Å². The Balaban J connectivity index is 1.77. The van der Waals surface area contributed by atoms with Crippen molar-refractivity contribution in [2.75, 3.05) is 0 Å². The topological polar surface area (TPSA) is 93.5 Å². The van der Waals surface area contributed by atoms with Crippen LogP contribution in [-0.4, -0.2) is 32.8 Å². The van der Waals surface area contributed by atoms with Gasteiger partial charge in [0.05, 0.1) is 17.4 Å². The number of benzene rings is 2. The molecule has 2 unspecified atom stereocenters. The first-order valence-electron chi connectivity index (χ1n) is 11.3. The summed E-state index contributed by atoms with van der Waals surface area (Å²) in [7, 11) is 0. The lowest BCUT2D eigenvalue weighted by atomic mass is 9.86. The van der Waals surface area contributed by atoms with E-state index in [9.17, 15) is 22.8 Å². The first kappa shape index (κ1) is 26.8. The minimum atomic E-state index is -4.47. The number of carboxylic acid groups (broad SMARTS) is 1. The molecule has 3 rings (SSSR count). The van der Waals surface area contributed by atoms with Crippen molar-refractivity contribution >= 4 is 11.9 Å². The Kier molecular flexibility index (Phi) is 7.76. The van der Waals surface area contributed by atoms with Crippen molar-refractivity contribution in [2.24, 2.45) is 5.41 Å². The Hall–Kier alpha value is -3.82. The van der Waals surface area contributed by atoms with E-state index in [2.05, 4.69) is 31.2 Å². The molecule has 2 N–H and O–H groups in total. The molecule has 10 heteroatoms. The van der Waals surface area contributed by atoms with E-state index in [1.165, 1.54) is 6.92 Å². The van der Waals surface area contributed by atoms with E-state index in [-0.39, 0.29) is 11.5 Å². The molecule has 0 saturated carbocycles. The summed E-state index contributed by atoms with van der Waals surface area (Å²) in [6.07, 6.45) is -2.49. The summed E-state index contributed by atoms with van der Waals surface area (Å²) in [4.78, 5) is 23.3. The molecule has 0 saturated heterocycles. The molecule has 1 aromatic heterocycles. The number of aliphatic carboxylic acids is 1. The average molecular weight is 504 g/mol. The third-order valence-electron chi connectivity index (χ3n) is 5.35. The normalized spacial score (nSPS) is 13.6. The quantitative estimate of drug-likeness (QED) is 0.414. The number of carboxylic acids is 1. The van der Waals surface area contributed by atoms with Gasteiger partial charge in [-0.3, -0.25) is 9.59 Å². The van der Waals surface area contributed by atoms with Gasteiger partial charge in [-0.25, -0.2) is 4.68 Å². The maximum Gasteiger partial charge on any atom is 0.419 e. The molecule has 0 bridgehead atoms. The zero-order chi connectivity index (χ0) is 26.7. The van der Waals surface area contributed by atoms with Gasteiger partial charge < -0.3 is 15.2 Å². The van der Waals surface area contributed by atoms with E-state index in [1.54, 1.807) is 48.5 Å². The minimum Gasteiger partial charge on any atom is -0.486 e. The predicted octanol–water partition coefficient (Wildman–Crippen LogP) is 5.65. The van der Waals surface area contributed by atoms with Crippen LogP contribution in [0.25, 0.3) is 5.69 Å². The molecule has 0 fully saturated rings. The number of hydrogen-bond acceptors (Lipinski definition) is 4. The molecule has 36 heavy (non-hydrogen) atoms. The predicted molar refractivity (Wildman–Crippen MR) is 127 cm³/mol. The summed E-state index contributed by atoms with van der Waals surface area (Å²) in [6.45, 7) is 7.58. The summed E-state index contributed by atoms with van der Waals surface area (Å²) >= 11 is 0. The third-order valence-corrected chi connectivity index (χ3v) is 5.35. The Morgan fingerprint density at radius 2 is 1.67 bits per heavy atom. The number of ether oxygens (including phenoxy) is 1. The van der Waals surface area contributed by atoms with Gasteiger partial charge in [0.25, 0.3) is 5.91 Å². The number of nitrogens with zero attached hydrogens (tertiary/aromatic N) is 2. The van der Waals surface area contributed by atoms with Crippen LogP contribution < -0.4 is 10.1 Å². The summed E-state index contributed by atoms with van der Waals surface area (Å²) in [5.74, 6) is -1.10. The minimum absolute atomic E-state index is 0.0966. The van der Waals surface area contributed by atoms with E-state index in [0.29, 0.717) is 23.4 Å². The first-order valence-corrected chi connectivity index (χ1v) is 11.3.